The molecule has 0 bridgehead atoms. The van der Waals surface area contributed by atoms with Gasteiger partial charge in [0.25, 0.3) is 0 Å². The molecule has 23 heavy (non-hydrogen) atoms. The predicted molar refractivity (Wildman–Crippen MR) is 87.0 cm³/mol. The number of fused-ring (bicyclic) bond motifs is 1. The molecule has 3 aliphatic rings. The van der Waals surface area contributed by atoms with E-state index in [4.69, 9.17) is 4.74 Å². The summed E-state index contributed by atoms with van der Waals surface area (Å²) >= 11 is 0. The van der Waals surface area contributed by atoms with Crippen molar-refractivity contribution in [3.05, 3.63) is 23.8 Å². The topological polar surface area (TPSA) is 70.7 Å². The van der Waals surface area contributed by atoms with Crippen molar-refractivity contribution in [1.29, 1.82) is 0 Å². The van der Waals surface area contributed by atoms with Crippen LogP contribution in [0.5, 0.6) is 0 Å². The van der Waals surface area contributed by atoms with E-state index in [1.54, 1.807) is 4.90 Å². The summed E-state index contributed by atoms with van der Waals surface area (Å²) in [5.74, 6) is 0.434. The molecule has 0 aromatic heterocycles. The molecule has 6 nitrogen and oxygen atoms in total. The zero-order valence-corrected chi connectivity index (χ0v) is 14.0. The molecule has 0 aromatic rings. The molecule has 6 heteroatoms. The molecule has 126 valence electrons. The smallest absolute Gasteiger partial charge is 0.410 e. The molecular weight excluding hydrogens is 294 g/mol. The molecule has 0 spiro atoms. The van der Waals surface area contributed by atoms with Crippen molar-refractivity contribution < 1.29 is 14.3 Å². The van der Waals surface area contributed by atoms with Gasteiger partial charge in [0.2, 0.25) is 0 Å². The minimum absolute atomic E-state index is 0.0476. The molecule has 0 radical (unpaired) electrons. The third-order valence-corrected chi connectivity index (χ3v) is 4.47. The Kier molecular flexibility index (Phi) is 4.08. The molecule has 2 aliphatic heterocycles. The normalized spacial score (nSPS) is 27.9. The number of nitrogens with zero attached hydrogens (tertiary/aromatic N) is 1. The summed E-state index contributed by atoms with van der Waals surface area (Å²) in [4.78, 5) is 25.3. The quantitative estimate of drug-likeness (QED) is 0.778. The van der Waals surface area contributed by atoms with E-state index < -0.39 is 5.60 Å². The number of nitrogens with one attached hydrogen (secondary N) is 2. The number of hydrogen-bond acceptors (Lipinski definition) is 3. The van der Waals surface area contributed by atoms with Crippen molar-refractivity contribution in [2.45, 2.75) is 51.3 Å². The van der Waals surface area contributed by atoms with Crippen LogP contribution in [0.25, 0.3) is 0 Å². The Hall–Kier alpha value is -1.98. The summed E-state index contributed by atoms with van der Waals surface area (Å²) in [5.41, 5.74) is 0.810. The molecule has 3 amide bonds. The fourth-order valence-corrected chi connectivity index (χ4v) is 3.31. The van der Waals surface area contributed by atoms with Crippen LogP contribution in [0.1, 0.15) is 33.6 Å². The first-order chi connectivity index (χ1) is 10.8. The van der Waals surface area contributed by atoms with Gasteiger partial charge >= 0.3 is 12.1 Å². The predicted octanol–water partition coefficient (Wildman–Crippen LogP) is 2.18. The Labute approximate surface area is 136 Å². The van der Waals surface area contributed by atoms with E-state index in [1.807, 2.05) is 20.8 Å². The van der Waals surface area contributed by atoms with E-state index in [9.17, 15) is 9.59 Å². The average molecular weight is 319 g/mol. The second-order valence-corrected chi connectivity index (χ2v) is 7.44. The highest BCUT2D eigenvalue weighted by Gasteiger charge is 2.33. The number of hydrogen-bond donors (Lipinski definition) is 2. The molecule has 3 rings (SSSR count). The molecule has 2 heterocycles. The summed E-state index contributed by atoms with van der Waals surface area (Å²) in [6, 6.07) is 0.00128. The Balaban J connectivity index is 1.55. The second kappa shape index (κ2) is 5.91. The van der Waals surface area contributed by atoms with E-state index in [0.717, 1.165) is 12.8 Å². The standard InChI is InChI=1S/C17H25N3O3/c1-17(2,3)23-16(22)20-8-6-11(7-9-20)12-4-5-13-14(10-12)19-15(21)18-13/h4-5,10-11,13-14H,6-9H2,1-3H3,(H2,18,19,21)/t13-,14-/m1/s1. The molecule has 0 aromatic carbocycles. The van der Waals surface area contributed by atoms with E-state index >= 15 is 0 Å². The molecular formula is C17H25N3O3. The summed E-state index contributed by atoms with van der Waals surface area (Å²) in [7, 11) is 0. The van der Waals surface area contributed by atoms with E-state index in [-0.39, 0.29) is 24.2 Å². The lowest BCUT2D eigenvalue weighted by atomic mass is 9.84. The van der Waals surface area contributed by atoms with Gasteiger partial charge in [0.1, 0.15) is 5.60 Å². The molecule has 0 saturated carbocycles. The van der Waals surface area contributed by atoms with Crippen molar-refractivity contribution in [1.82, 2.24) is 15.5 Å². The number of amides is 3. The molecule has 2 N–H and O–H groups in total. The number of urea groups is 1. The summed E-state index contributed by atoms with van der Waals surface area (Å²) < 4.78 is 5.43. The lowest BCUT2D eigenvalue weighted by Gasteiger charge is -2.34. The van der Waals surface area contributed by atoms with Crippen molar-refractivity contribution in [2.24, 2.45) is 5.92 Å². The van der Waals surface area contributed by atoms with Crippen LogP contribution >= 0.6 is 0 Å². The lowest BCUT2D eigenvalue weighted by molar-refractivity contribution is 0.0195. The maximum Gasteiger partial charge on any atom is 0.410 e. The average Bonchev–Trinajstić information content (AvgIpc) is 2.84. The Bertz CT molecular complexity index is 554. The van der Waals surface area contributed by atoms with Gasteiger partial charge in [-0.25, -0.2) is 9.59 Å². The van der Waals surface area contributed by atoms with Crippen LogP contribution in [-0.2, 0) is 4.74 Å². The van der Waals surface area contributed by atoms with Crippen LogP contribution in [0.4, 0.5) is 9.59 Å². The van der Waals surface area contributed by atoms with Gasteiger partial charge in [0, 0.05) is 13.1 Å². The van der Waals surface area contributed by atoms with Crippen LogP contribution in [0, 0.1) is 5.92 Å². The second-order valence-electron chi connectivity index (χ2n) is 7.44. The van der Waals surface area contributed by atoms with Crippen LogP contribution in [-0.4, -0.2) is 47.8 Å². The van der Waals surface area contributed by atoms with E-state index in [0.29, 0.717) is 19.0 Å². The van der Waals surface area contributed by atoms with Gasteiger partial charge in [-0.15, -0.1) is 0 Å². The molecule has 2 saturated heterocycles. The third-order valence-electron chi connectivity index (χ3n) is 4.47. The zero-order chi connectivity index (χ0) is 16.6. The SMILES string of the molecule is CC(C)(C)OC(=O)N1CCC(C2=C[C@H]3NC(=O)N[C@@H]3C=C2)CC1. The van der Waals surface area contributed by atoms with Crippen LogP contribution in [0.15, 0.2) is 23.8 Å². The zero-order valence-electron chi connectivity index (χ0n) is 14.0. The number of carbonyl (C=O) groups is 2. The first-order valence-corrected chi connectivity index (χ1v) is 8.27. The Morgan fingerprint density at radius 3 is 2.52 bits per heavy atom. The monoisotopic (exact) mass is 319 g/mol. The van der Waals surface area contributed by atoms with Gasteiger partial charge in [-0.2, -0.15) is 0 Å². The number of allylic oxidation sites excluding steroid dienone is 2. The third kappa shape index (κ3) is 3.68. The maximum absolute atomic E-state index is 12.1. The van der Waals surface area contributed by atoms with E-state index in [1.165, 1.54) is 5.57 Å². The summed E-state index contributed by atoms with van der Waals surface area (Å²) in [5, 5.41) is 5.79. The van der Waals surface area contributed by atoms with Gasteiger partial charge in [0.05, 0.1) is 12.1 Å². The Morgan fingerprint density at radius 1 is 1.22 bits per heavy atom. The number of ether oxygens (including phenoxy) is 1. The van der Waals surface area contributed by atoms with Gasteiger partial charge in [-0.05, 0) is 45.1 Å². The van der Waals surface area contributed by atoms with Gasteiger partial charge in [0.15, 0.2) is 0 Å². The fourth-order valence-electron chi connectivity index (χ4n) is 3.31. The first kappa shape index (κ1) is 15.9. The molecule has 2 fully saturated rings. The Morgan fingerprint density at radius 2 is 1.87 bits per heavy atom. The number of rotatable bonds is 1. The largest absolute Gasteiger partial charge is 0.444 e. The van der Waals surface area contributed by atoms with Gasteiger partial charge in [-0.3, -0.25) is 0 Å². The highest BCUT2D eigenvalue weighted by molar-refractivity contribution is 5.78. The van der Waals surface area contributed by atoms with Crippen molar-refractivity contribution >= 4 is 12.1 Å². The highest BCUT2D eigenvalue weighted by Crippen LogP contribution is 2.29. The van der Waals surface area contributed by atoms with Gasteiger partial charge < -0.3 is 20.3 Å². The molecule has 0 unspecified atom stereocenters. The fraction of sp³-hybridized carbons (Fsp3) is 0.647. The van der Waals surface area contributed by atoms with Crippen molar-refractivity contribution in [3.8, 4) is 0 Å². The highest BCUT2D eigenvalue weighted by atomic mass is 16.6. The molecule has 1 aliphatic carbocycles. The lowest BCUT2D eigenvalue weighted by Crippen LogP contribution is -2.42. The van der Waals surface area contributed by atoms with Crippen LogP contribution in [0.3, 0.4) is 0 Å². The summed E-state index contributed by atoms with van der Waals surface area (Å²) in [6.45, 7) is 7.08. The van der Waals surface area contributed by atoms with Crippen LogP contribution in [0.2, 0.25) is 0 Å². The number of likely N-dealkylation sites (tertiary alicyclic amines) is 1. The number of carbonyl (C=O) groups excluding carboxylic acids is 2. The van der Waals surface area contributed by atoms with Gasteiger partial charge in [-0.1, -0.05) is 18.2 Å². The van der Waals surface area contributed by atoms with Crippen molar-refractivity contribution in [2.75, 3.05) is 13.1 Å². The van der Waals surface area contributed by atoms with Crippen LogP contribution < -0.4 is 10.6 Å². The first-order valence-electron chi connectivity index (χ1n) is 8.27. The van der Waals surface area contributed by atoms with Crippen molar-refractivity contribution in [3.63, 3.8) is 0 Å². The number of piperidine rings is 1. The minimum Gasteiger partial charge on any atom is -0.444 e. The van der Waals surface area contributed by atoms with E-state index in [2.05, 4.69) is 28.9 Å². The summed E-state index contributed by atoms with van der Waals surface area (Å²) in [6.07, 6.45) is 7.94. The maximum atomic E-state index is 12.1. The minimum atomic E-state index is -0.453. The molecule has 2 atom stereocenters.